The number of hydrogen-bond donors (Lipinski definition) is 1. The molecule has 2 aliphatic rings. The summed E-state index contributed by atoms with van der Waals surface area (Å²) in [6.07, 6.45) is 0.587. The van der Waals surface area contributed by atoms with Crippen molar-refractivity contribution in [2.24, 2.45) is 0 Å². The first kappa shape index (κ1) is 14.1. The van der Waals surface area contributed by atoms with Gasteiger partial charge < -0.3 is 5.32 Å². The molecule has 0 bridgehead atoms. The van der Waals surface area contributed by atoms with Gasteiger partial charge in [-0.2, -0.15) is 11.8 Å². The van der Waals surface area contributed by atoms with Crippen LogP contribution in [0.2, 0.25) is 0 Å². The summed E-state index contributed by atoms with van der Waals surface area (Å²) in [4.78, 5) is 37.4. The number of hydrogen-bond acceptors (Lipinski definition) is 4. The molecule has 0 aromatic heterocycles. The zero-order chi connectivity index (χ0) is 15.0. The number of carbonyl (C=O) groups is 3. The van der Waals surface area contributed by atoms with Crippen molar-refractivity contribution >= 4 is 29.5 Å². The van der Waals surface area contributed by atoms with Crippen molar-refractivity contribution in [1.82, 2.24) is 10.2 Å². The van der Waals surface area contributed by atoms with Crippen LogP contribution in [0, 0.1) is 5.82 Å². The van der Waals surface area contributed by atoms with Gasteiger partial charge in [-0.25, -0.2) is 9.18 Å². The standard InChI is InChI=1S/C14H13FN2O3S/c15-10-3-1-9(2-4-10)11(18)7-17-12(19)14(16-13(17)20)5-6-21-8-14/h1-4H,5-8H2,(H,16,20). The first-order chi connectivity index (χ1) is 10.0. The summed E-state index contributed by atoms with van der Waals surface area (Å²) in [5.41, 5.74) is -0.566. The van der Waals surface area contributed by atoms with Crippen LogP contribution in [0.5, 0.6) is 0 Å². The maximum absolute atomic E-state index is 12.8. The van der Waals surface area contributed by atoms with Crippen molar-refractivity contribution in [2.45, 2.75) is 12.0 Å². The van der Waals surface area contributed by atoms with E-state index in [1.54, 1.807) is 11.8 Å². The van der Waals surface area contributed by atoms with Crippen LogP contribution in [-0.2, 0) is 4.79 Å². The van der Waals surface area contributed by atoms with E-state index in [0.29, 0.717) is 12.2 Å². The molecule has 0 aliphatic carbocycles. The average Bonchev–Trinajstić information content (AvgIpc) is 3.01. The number of amides is 3. The number of imide groups is 1. The van der Waals surface area contributed by atoms with Gasteiger partial charge in [0, 0.05) is 11.3 Å². The van der Waals surface area contributed by atoms with Crippen LogP contribution in [0.1, 0.15) is 16.8 Å². The lowest BCUT2D eigenvalue weighted by Gasteiger charge is -2.18. The number of thioether (sulfide) groups is 1. The van der Waals surface area contributed by atoms with Crippen molar-refractivity contribution in [1.29, 1.82) is 0 Å². The number of nitrogens with zero attached hydrogens (tertiary/aromatic N) is 1. The largest absolute Gasteiger partial charge is 0.325 e. The molecule has 1 atom stereocenters. The van der Waals surface area contributed by atoms with Gasteiger partial charge in [0.25, 0.3) is 5.91 Å². The molecular formula is C14H13FN2O3S. The molecule has 0 saturated carbocycles. The molecule has 1 aromatic rings. The van der Waals surface area contributed by atoms with Crippen molar-refractivity contribution in [2.75, 3.05) is 18.1 Å². The van der Waals surface area contributed by atoms with E-state index in [1.807, 2.05) is 0 Å². The highest BCUT2D eigenvalue weighted by Crippen LogP contribution is 2.33. The second-order valence-electron chi connectivity index (χ2n) is 5.14. The predicted molar refractivity (Wildman–Crippen MR) is 75.6 cm³/mol. The lowest BCUT2D eigenvalue weighted by atomic mass is 9.99. The highest BCUT2D eigenvalue weighted by Gasteiger charge is 2.53. The minimum Gasteiger partial charge on any atom is -0.322 e. The predicted octanol–water partition coefficient (Wildman–Crippen LogP) is 1.44. The number of carbonyl (C=O) groups excluding carboxylic acids is 3. The molecule has 7 heteroatoms. The van der Waals surface area contributed by atoms with Crippen LogP contribution in [0.15, 0.2) is 24.3 Å². The van der Waals surface area contributed by atoms with E-state index in [-0.39, 0.29) is 23.8 Å². The SMILES string of the molecule is O=C(CN1C(=O)NC2(CCSC2)C1=O)c1ccc(F)cc1. The van der Waals surface area contributed by atoms with Crippen molar-refractivity contribution < 1.29 is 18.8 Å². The molecule has 2 heterocycles. The van der Waals surface area contributed by atoms with E-state index in [1.165, 1.54) is 24.3 Å². The lowest BCUT2D eigenvalue weighted by Crippen LogP contribution is -2.47. The van der Waals surface area contributed by atoms with Gasteiger partial charge in [0.05, 0.1) is 6.54 Å². The third kappa shape index (κ3) is 2.42. The Balaban J connectivity index is 1.75. The van der Waals surface area contributed by atoms with E-state index in [4.69, 9.17) is 0 Å². The topological polar surface area (TPSA) is 66.5 Å². The minimum atomic E-state index is -0.842. The average molecular weight is 308 g/mol. The Kier molecular flexibility index (Phi) is 3.44. The Bertz CT molecular complexity index is 611. The first-order valence-electron chi connectivity index (χ1n) is 6.52. The Labute approximate surface area is 124 Å². The van der Waals surface area contributed by atoms with Gasteiger partial charge in [0.1, 0.15) is 11.4 Å². The van der Waals surface area contributed by atoms with Crippen molar-refractivity contribution in [3.8, 4) is 0 Å². The van der Waals surface area contributed by atoms with Crippen LogP contribution < -0.4 is 5.32 Å². The van der Waals surface area contributed by atoms with Gasteiger partial charge in [-0.3, -0.25) is 14.5 Å². The summed E-state index contributed by atoms with van der Waals surface area (Å²) in [5.74, 6) is 0.183. The molecule has 2 aliphatic heterocycles. The van der Waals surface area contributed by atoms with Crippen molar-refractivity contribution in [3.05, 3.63) is 35.6 Å². The molecule has 110 valence electrons. The van der Waals surface area contributed by atoms with E-state index in [9.17, 15) is 18.8 Å². The number of Topliss-reactive ketones (excluding diaryl/α,β-unsaturated/α-hetero) is 1. The van der Waals surface area contributed by atoms with Crippen LogP contribution in [0.3, 0.4) is 0 Å². The summed E-state index contributed by atoms with van der Waals surface area (Å²) >= 11 is 1.61. The fourth-order valence-electron chi connectivity index (χ4n) is 2.52. The van der Waals surface area contributed by atoms with Gasteiger partial charge >= 0.3 is 6.03 Å². The highest BCUT2D eigenvalue weighted by molar-refractivity contribution is 7.99. The summed E-state index contributed by atoms with van der Waals surface area (Å²) < 4.78 is 12.8. The van der Waals surface area contributed by atoms with E-state index in [2.05, 4.69) is 5.32 Å². The van der Waals surface area contributed by atoms with Gasteiger partial charge in [0.2, 0.25) is 0 Å². The normalized spacial score (nSPS) is 24.7. The molecule has 5 nitrogen and oxygen atoms in total. The highest BCUT2D eigenvalue weighted by atomic mass is 32.2. The number of urea groups is 1. The zero-order valence-corrected chi connectivity index (χ0v) is 11.9. The summed E-state index contributed by atoms with van der Waals surface area (Å²) in [6.45, 7) is -0.317. The monoisotopic (exact) mass is 308 g/mol. The van der Waals surface area contributed by atoms with Gasteiger partial charge in [0.15, 0.2) is 5.78 Å². The zero-order valence-electron chi connectivity index (χ0n) is 11.1. The summed E-state index contributed by atoms with van der Waals surface area (Å²) in [5, 5.41) is 2.70. The van der Waals surface area contributed by atoms with Crippen LogP contribution >= 0.6 is 11.8 Å². The van der Waals surface area contributed by atoms with Crippen LogP contribution in [-0.4, -0.2) is 46.2 Å². The second kappa shape index (κ2) is 5.14. The summed E-state index contributed by atoms with van der Waals surface area (Å²) in [7, 11) is 0. The molecule has 1 aromatic carbocycles. The molecule has 0 radical (unpaired) electrons. The minimum absolute atomic E-state index is 0.277. The van der Waals surface area contributed by atoms with Crippen molar-refractivity contribution in [3.63, 3.8) is 0 Å². The van der Waals surface area contributed by atoms with Gasteiger partial charge in [-0.1, -0.05) is 0 Å². The summed E-state index contributed by atoms with van der Waals surface area (Å²) in [6, 6.07) is 4.51. The fourth-order valence-corrected chi connectivity index (χ4v) is 3.85. The molecule has 21 heavy (non-hydrogen) atoms. The Morgan fingerprint density at radius 1 is 1.33 bits per heavy atom. The molecule has 1 spiro atoms. The molecule has 2 saturated heterocycles. The first-order valence-corrected chi connectivity index (χ1v) is 7.68. The number of halogens is 1. The van der Waals surface area contributed by atoms with E-state index >= 15 is 0 Å². The van der Waals surface area contributed by atoms with Crippen LogP contribution in [0.4, 0.5) is 9.18 Å². The number of nitrogens with one attached hydrogen (secondary N) is 1. The third-order valence-corrected chi connectivity index (χ3v) is 4.93. The number of benzene rings is 1. The van der Waals surface area contributed by atoms with Crippen LogP contribution in [0.25, 0.3) is 0 Å². The number of ketones is 1. The smallest absolute Gasteiger partial charge is 0.322 e. The van der Waals surface area contributed by atoms with Gasteiger partial charge in [-0.15, -0.1) is 0 Å². The Morgan fingerprint density at radius 3 is 2.67 bits per heavy atom. The van der Waals surface area contributed by atoms with E-state index in [0.717, 1.165) is 10.7 Å². The molecule has 2 fully saturated rings. The Morgan fingerprint density at radius 2 is 2.05 bits per heavy atom. The van der Waals surface area contributed by atoms with Gasteiger partial charge in [-0.05, 0) is 36.4 Å². The molecule has 3 rings (SSSR count). The number of rotatable bonds is 3. The molecule has 3 amide bonds. The molecule has 1 N–H and O–H groups in total. The Hall–Kier alpha value is -1.89. The lowest BCUT2D eigenvalue weighted by molar-refractivity contribution is -0.130. The van der Waals surface area contributed by atoms with E-state index < -0.39 is 17.4 Å². The molecular weight excluding hydrogens is 295 g/mol. The molecule has 1 unspecified atom stereocenters. The quantitative estimate of drug-likeness (QED) is 0.678. The fraction of sp³-hybridized carbons (Fsp3) is 0.357. The maximum atomic E-state index is 12.8. The third-order valence-electron chi connectivity index (χ3n) is 3.74. The second-order valence-corrected chi connectivity index (χ2v) is 6.24. The maximum Gasteiger partial charge on any atom is 0.325 e.